The van der Waals surface area contributed by atoms with Crippen LogP contribution >= 0.6 is 0 Å². The molecule has 2 aliphatic heterocycles. The monoisotopic (exact) mass is 656 g/mol. The lowest BCUT2D eigenvalue weighted by atomic mass is 9.93. The highest BCUT2D eigenvalue weighted by Gasteiger charge is 2.50. The van der Waals surface area contributed by atoms with Gasteiger partial charge in [-0.15, -0.1) is 0 Å². The van der Waals surface area contributed by atoms with Gasteiger partial charge in [-0.25, -0.2) is 0 Å². The van der Waals surface area contributed by atoms with Crippen LogP contribution in [0.4, 0.5) is 0 Å². The summed E-state index contributed by atoms with van der Waals surface area (Å²) in [6, 6.07) is 0. The zero-order valence-electron chi connectivity index (χ0n) is 32.1. The molecule has 274 valence electrons. The summed E-state index contributed by atoms with van der Waals surface area (Å²) in [4.78, 5) is 2.45. The zero-order chi connectivity index (χ0) is 33.6. The Hall–Kier alpha value is -0.900. The summed E-state index contributed by atoms with van der Waals surface area (Å²) < 4.78 is 13.7. The molecule has 2 aliphatic rings. The third kappa shape index (κ3) is 21.7. The lowest BCUT2D eigenvalue weighted by molar-refractivity contribution is -0.204. The molecular formula is C44H81NO2. The molecule has 0 aromatic heterocycles. The van der Waals surface area contributed by atoms with Crippen LogP contribution < -0.4 is 0 Å². The second-order valence-electron chi connectivity index (χ2n) is 15.3. The zero-order valence-corrected chi connectivity index (χ0v) is 32.1. The molecule has 2 fully saturated rings. The van der Waals surface area contributed by atoms with E-state index >= 15 is 0 Å². The van der Waals surface area contributed by atoms with Gasteiger partial charge in [0, 0.05) is 19.4 Å². The second kappa shape index (κ2) is 28.9. The highest BCUT2D eigenvalue weighted by molar-refractivity contribution is 4.96. The van der Waals surface area contributed by atoms with Crippen molar-refractivity contribution < 1.29 is 9.47 Å². The van der Waals surface area contributed by atoms with Crippen LogP contribution in [0.3, 0.4) is 0 Å². The summed E-state index contributed by atoms with van der Waals surface area (Å²) in [7, 11) is 2.25. The number of hydrogen-bond donors (Lipinski definition) is 0. The molecule has 0 aromatic rings. The summed E-state index contributed by atoms with van der Waals surface area (Å²) in [6.07, 6.45) is 53.4. The third-order valence-corrected chi connectivity index (χ3v) is 10.6. The van der Waals surface area contributed by atoms with E-state index < -0.39 is 0 Å². The maximum atomic E-state index is 7.01. The van der Waals surface area contributed by atoms with Crippen LogP contribution in [-0.2, 0) is 9.47 Å². The molecular weight excluding hydrogens is 574 g/mol. The van der Waals surface area contributed by atoms with Crippen LogP contribution in [0.25, 0.3) is 0 Å². The Balaban J connectivity index is 1.55. The van der Waals surface area contributed by atoms with E-state index in [9.17, 15) is 0 Å². The van der Waals surface area contributed by atoms with Crippen molar-refractivity contribution in [1.82, 2.24) is 4.90 Å². The molecule has 0 aliphatic carbocycles. The Labute approximate surface area is 294 Å². The number of likely N-dealkylation sites (tertiary alicyclic amines) is 1. The molecule has 3 nitrogen and oxygen atoms in total. The van der Waals surface area contributed by atoms with Gasteiger partial charge in [0.2, 0.25) is 0 Å². The van der Waals surface area contributed by atoms with Gasteiger partial charge in [0.15, 0.2) is 5.79 Å². The molecule has 47 heavy (non-hydrogen) atoms. The van der Waals surface area contributed by atoms with Crippen LogP contribution in [0, 0.1) is 0 Å². The van der Waals surface area contributed by atoms with Gasteiger partial charge in [-0.1, -0.05) is 147 Å². The van der Waals surface area contributed by atoms with Crippen molar-refractivity contribution in [2.75, 3.05) is 26.7 Å². The summed E-state index contributed by atoms with van der Waals surface area (Å²) in [5.74, 6) is -0.325. The van der Waals surface area contributed by atoms with Gasteiger partial charge in [0.25, 0.3) is 0 Å². The molecule has 0 N–H and O–H groups in total. The summed E-state index contributed by atoms with van der Waals surface area (Å²) >= 11 is 0. The summed E-state index contributed by atoms with van der Waals surface area (Å²) in [5, 5.41) is 0. The van der Waals surface area contributed by atoms with E-state index in [1.807, 2.05) is 0 Å². The SMILES string of the molecule is CCCCC/C=C\C/C=C\CCCCCCCCC1(CCCCCCCC/C=C\CCCCCCCC)OCC2(CCCN(C)C2)O1. The highest BCUT2D eigenvalue weighted by Crippen LogP contribution is 2.43. The van der Waals surface area contributed by atoms with E-state index in [1.165, 1.54) is 173 Å². The lowest BCUT2D eigenvalue weighted by Gasteiger charge is -2.39. The topological polar surface area (TPSA) is 21.7 Å². The van der Waals surface area contributed by atoms with E-state index in [1.54, 1.807) is 0 Å². The van der Waals surface area contributed by atoms with E-state index in [2.05, 4.69) is 62.3 Å². The maximum Gasteiger partial charge on any atom is 0.169 e. The molecule has 2 saturated heterocycles. The van der Waals surface area contributed by atoms with Crippen molar-refractivity contribution in [3.63, 3.8) is 0 Å². The Morgan fingerprint density at radius 3 is 1.47 bits per heavy atom. The first-order valence-electron chi connectivity index (χ1n) is 21.1. The molecule has 2 unspecified atom stereocenters. The number of allylic oxidation sites excluding steroid dienone is 6. The van der Waals surface area contributed by atoms with Crippen LogP contribution in [0.5, 0.6) is 0 Å². The standard InChI is InChI=1S/C44H81NO2/c1-4-6-8-10-12-14-16-18-20-22-24-26-28-30-32-34-38-44(46-42-43(47-44)37-36-40-45(3)41-43)39-35-33-31-29-27-25-23-21-19-17-15-13-11-9-7-5-2/h12,14,18-21H,4-11,13,15-17,22-42H2,1-3H3/b14-12-,20-18-,21-19-. The normalized spacial score (nSPS) is 22.3. The minimum absolute atomic E-state index is 0.0616. The largest absolute Gasteiger partial charge is 0.347 e. The molecule has 2 atom stereocenters. The van der Waals surface area contributed by atoms with Crippen molar-refractivity contribution in [3.05, 3.63) is 36.5 Å². The Bertz CT molecular complexity index is 790. The quantitative estimate of drug-likeness (QED) is 0.0548. The first kappa shape index (κ1) is 42.3. The molecule has 0 bridgehead atoms. The average Bonchev–Trinajstić information content (AvgIpc) is 3.41. The van der Waals surface area contributed by atoms with Crippen molar-refractivity contribution in [3.8, 4) is 0 Å². The summed E-state index contributed by atoms with van der Waals surface area (Å²) in [5.41, 5.74) is -0.0616. The van der Waals surface area contributed by atoms with Crippen molar-refractivity contribution in [1.29, 1.82) is 0 Å². The highest BCUT2D eigenvalue weighted by atomic mass is 16.8. The minimum atomic E-state index is -0.325. The van der Waals surface area contributed by atoms with Crippen LogP contribution in [0.1, 0.15) is 206 Å². The second-order valence-corrected chi connectivity index (χ2v) is 15.3. The van der Waals surface area contributed by atoms with Gasteiger partial charge in [-0.2, -0.15) is 0 Å². The fourth-order valence-electron chi connectivity index (χ4n) is 7.63. The predicted octanol–water partition coefficient (Wildman–Crippen LogP) is 13.8. The minimum Gasteiger partial charge on any atom is -0.347 e. The van der Waals surface area contributed by atoms with E-state index in [0.29, 0.717) is 0 Å². The number of likely N-dealkylation sites (N-methyl/N-ethyl adjacent to an activating group) is 1. The Morgan fingerprint density at radius 2 is 0.957 bits per heavy atom. The molecule has 0 radical (unpaired) electrons. The smallest absolute Gasteiger partial charge is 0.169 e. The van der Waals surface area contributed by atoms with Gasteiger partial charge in [0.1, 0.15) is 5.60 Å². The Kier molecular flexibility index (Phi) is 26.0. The molecule has 3 heteroatoms. The van der Waals surface area contributed by atoms with Crippen LogP contribution in [0.15, 0.2) is 36.5 Å². The van der Waals surface area contributed by atoms with Gasteiger partial charge in [0.05, 0.1) is 6.61 Å². The van der Waals surface area contributed by atoms with Crippen molar-refractivity contribution in [2.24, 2.45) is 0 Å². The van der Waals surface area contributed by atoms with Crippen LogP contribution in [-0.4, -0.2) is 43.0 Å². The van der Waals surface area contributed by atoms with Gasteiger partial charge < -0.3 is 14.4 Å². The number of hydrogen-bond acceptors (Lipinski definition) is 3. The molecule has 0 saturated carbocycles. The Morgan fingerprint density at radius 1 is 0.532 bits per heavy atom. The number of ether oxygens (including phenoxy) is 2. The molecule has 1 spiro atoms. The summed E-state index contributed by atoms with van der Waals surface area (Å²) in [6.45, 7) is 7.59. The lowest BCUT2D eigenvalue weighted by Crippen LogP contribution is -2.49. The molecule has 0 aromatic carbocycles. The number of piperidine rings is 1. The third-order valence-electron chi connectivity index (χ3n) is 10.6. The maximum absolute atomic E-state index is 7.01. The van der Waals surface area contributed by atoms with E-state index in [-0.39, 0.29) is 11.4 Å². The van der Waals surface area contributed by atoms with Crippen LogP contribution in [0.2, 0.25) is 0 Å². The fourth-order valence-corrected chi connectivity index (χ4v) is 7.63. The molecule has 2 rings (SSSR count). The van der Waals surface area contributed by atoms with Gasteiger partial charge >= 0.3 is 0 Å². The first-order chi connectivity index (χ1) is 23.1. The fraction of sp³-hybridized carbons (Fsp3) is 0.864. The van der Waals surface area contributed by atoms with Gasteiger partial charge in [-0.3, -0.25) is 0 Å². The average molecular weight is 656 g/mol. The van der Waals surface area contributed by atoms with Crippen molar-refractivity contribution >= 4 is 0 Å². The van der Waals surface area contributed by atoms with E-state index in [4.69, 9.17) is 9.47 Å². The number of nitrogens with zero attached hydrogens (tertiary/aromatic N) is 1. The molecule has 2 heterocycles. The van der Waals surface area contributed by atoms with E-state index in [0.717, 1.165) is 38.8 Å². The molecule has 0 amide bonds. The number of unbranched alkanes of at least 4 members (excludes halogenated alkanes) is 21. The first-order valence-corrected chi connectivity index (χ1v) is 21.1. The van der Waals surface area contributed by atoms with Crippen molar-refractivity contribution in [2.45, 2.75) is 218 Å². The van der Waals surface area contributed by atoms with Gasteiger partial charge in [-0.05, 0) is 97.1 Å². The predicted molar refractivity (Wildman–Crippen MR) is 207 cm³/mol. The number of rotatable bonds is 31.